The molecule has 2 atom stereocenters. The number of likely N-dealkylation sites (N-methyl/N-ethyl adjacent to an activating group) is 1. The van der Waals surface area contributed by atoms with Gasteiger partial charge in [-0.15, -0.1) is 0 Å². The van der Waals surface area contributed by atoms with Gasteiger partial charge in [0.2, 0.25) is 11.8 Å². The van der Waals surface area contributed by atoms with Crippen LogP contribution >= 0.6 is 23.2 Å². The molecular weight excluding hydrogens is 377 g/mol. The number of amides is 3. The standard InChI is InChI=1S/C18H25Cl2N3O3/c1-5-21-16(24)11(4)22-18(26)15(8-10(2)3)23-17(25)13-7-6-12(19)9-14(13)20/h6-7,9-11,15H,5,8H2,1-4H3,(H,21,24)(H,22,26)(H,23,25)/t11-,15+/m0/s1. The van der Waals surface area contributed by atoms with Gasteiger partial charge in [-0.1, -0.05) is 37.0 Å². The molecule has 3 amide bonds. The Labute approximate surface area is 164 Å². The summed E-state index contributed by atoms with van der Waals surface area (Å²) in [5.41, 5.74) is 0.231. The fraction of sp³-hybridized carbons (Fsp3) is 0.500. The van der Waals surface area contributed by atoms with Crippen molar-refractivity contribution < 1.29 is 14.4 Å². The van der Waals surface area contributed by atoms with Crippen LogP contribution in [0.15, 0.2) is 18.2 Å². The van der Waals surface area contributed by atoms with Gasteiger partial charge in [-0.25, -0.2) is 0 Å². The maximum Gasteiger partial charge on any atom is 0.253 e. The maximum atomic E-state index is 12.5. The molecule has 26 heavy (non-hydrogen) atoms. The smallest absolute Gasteiger partial charge is 0.253 e. The molecule has 6 nitrogen and oxygen atoms in total. The molecule has 0 unspecified atom stereocenters. The Bertz CT molecular complexity index is 665. The molecule has 0 bridgehead atoms. The Morgan fingerprint density at radius 1 is 1.04 bits per heavy atom. The summed E-state index contributed by atoms with van der Waals surface area (Å²) in [6.45, 7) is 7.74. The summed E-state index contributed by atoms with van der Waals surface area (Å²) >= 11 is 11.9. The second-order valence-electron chi connectivity index (χ2n) is 6.40. The van der Waals surface area contributed by atoms with Crippen LogP contribution in [0.25, 0.3) is 0 Å². The van der Waals surface area contributed by atoms with Crippen LogP contribution in [0.1, 0.15) is 44.5 Å². The zero-order chi connectivity index (χ0) is 19.9. The molecule has 0 heterocycles. The summed E-state index contributed by atoms with van der Waals surface area (Å²) in [6.07, 6.45) is 0.422. The number of carbonyl (C=O) groups excluding carboxylic acids is 3. The van der Waals surface area contributed by atoms with Gasteiger partial charge in [-0.05, 0) is 44.4 Å². The van der Waals surface area contributed by atoms with E-state index in [1.165, 1.54) is 12.1 Å². The van der Waals surface area contributed by atoms with Crippen LogP contribution in [0.4, 0.5) is 0 Å². The predicted molar refractivity (Wildman–Crippen MR) is 103 cm³/mol. The van der Waals surface area contributed by atoms with Gasteiger partial charge in [0, 0.05) is 11.6 Å². The first-order valence-corrected chi connectivity index (χ1v) is 9.25. The number of rotatable bonds is 8. The monoisotopic (exact) mass is 401 g/mol. The van der Waals surface area contributed by atoms with Crippen molar-refractivity contribution in [2.45, 2.75) is 46.2 Å². The molecule has 1 aromatic carbocycles. The summed E-state index contributed by atoms with van der Waals surface area (Å²) in [6, 6.07) is 3.03. The van der Waals surface area contributed by atoms with Gasteiger partial charge in [-0.3, -0.25) is 14.4 Å². The number of nitrogens with one attached hydrogen (secondary N) is 3. The normalized spacial score (nSPS) is 13.0. The molecule has 0 saturated heterocycles. The van der Waals surface area contributed by atoms with Crippen molar-refractivity contribution in [3.8, 4) is 0 Å². The number of hydrogen-bond donors (Lipinski definition) is 3. The third kappa shape index (κ3) is 6.84. The molecule has 0 aliphatic carbocycles. The molecule has 0 aliphatic rings. The molecule has 0 aliphatic heterocycles. The van der Waals surface area contributed by atoms with Crippen molar-refractivity contribution in [3.63, 3.8) is 0 Å². The summed E-state index contributed by atoms with van der Waals surface area (Å²) in [7, 11) is 0. The zero-order valence-corrected chi connectivity index (χ0v) is 16.9. The van der Waals surface area contributed by atoms with Gasteiger partial charge in [0.15, 0.2) is 0 Å². The van der Waals surface area contributed by atoms with E-state index in [2.05, 4.69) is 16.0 Å². The van der Waals surface area contributed by atoms with E-state index in [1.807, 2.05) is 13.8 Å². The van der Waals surface area contributed by atoms with Crippen molar-refractivity contribution in [3.05, 3.63) is 33.8 Å². The highest BCUT2D eigenvalue weighted by atomic mass is 35.5. The second kappa shape index (κ2) is 10.4. The SMILES string of the molecule is CCNC(=O)[C@H](C)NC(=O)[C@@H](CC(C)C)NC(=O)c1ccc(Cl)cc1Cl. The second-order valence-corrected chi connectivity index (χ2v) is 7.25. The van der Waals surface area contributed by atoms with Crippen molar-refractivity contribution in [2.75, 3.05) is 6.54 Å². The molecule has 1 aromatic rings. The van der Waals surface area contributed by atoms with Gasteiger partial charge in [-0.2, -0.15) is 0 Å². The van der Waals surface area contributed by atoms with Crippen molar-refractivity contribution in [1.29, 1.82) is 0 Å². The lowest BCUT2D eigenvalue weighted by molar-refractivity contribution is -0.129. The highest BCUT2D eigenvalue weighted by Gasteiger charge is 2.26. The minimum atomic E-state index is -0.786. The van der Waals surface area contributed by atoms with Gasteiger partial charge >= 0.3 is 0 Å². The van der Waals surface area contributed by atoms with E-state index in [0.717, 1.165) is 0 Å². The van der Waals surface area contributed by atoms with Crippen molar-refractivity contribution in [1.82, 2.24) is 16.0 Å². The first-order chi connectivity index (χ1) is 12.1. The first-order valence-electron chi connectivity index (χ1n) is 8.49. The number of halogens is 2. The molecule has 0 spiro atoms. The van der Waals surface area contributed by atoms with Crippen molar-refractivity contribution in [2.24, 2.45) is 5.92 Å². The molecule has 3 N–H and O–H groups in total. The van der Waals surface area contributed by atoms with Crippen LogP contribution in [0, 0.1) is 5.92 Å². The lowest BCUT2D eigenvalue weighted by Gasteiger charge is -2.22. The summed E-state index contributed by atoms with van der Waals surface area (Å²) in [5, 5.41) is 8.58. The van der Waals surface area contributed by atoms with E-state index in [0.29, 0.717) is 18.0 Å². The molecule has 0 saturated carbocycles. The Morgan fingerprint density at radius 3 is 2.23 bits per heavy atom. The van der Waals surface area contributed by atoms with Crippen LogP contribution in [0.2, 0.25) is 10.0 Å². The first kappa shape index (κ1) is 22.3. The van der Waals surface area contributed by atoms with Crippen LogP contribution in [0.5, 0.6) is 0 Å². The van der Waals surface area contributed by atoms with Crippen LogP contribution in [-0.4, -0.2) is 36.3 Å². The summed E-state index contributed by atoms with van der Waals surface area (Å²) in [4.78, 5) is 36.8. The zero-order valence-electron chi connectivity index (χ0n) is 15.4. The average molecular weight is 402 g/mol. The van der Waals surface area contributed by atoms with Gasteiger partial charge in [0.1, 0.15) is 12.1 Å². The highest BCUT2D eigenvalue weighted by Crippen LogP contribution is 2.21. The Kier molecular flexibility index (Phi) is 8.88. The quantitative estimate of drug-likeness (QED) is 0.625. The minimum absolute atomic E-state index is 0.159. The fourth-order valence-corrected chi connectivity index (χ4v) is 2.81. The van der Waals surface area contributed by atoms with E-state index in [9.17, 15) is 14.4 Å². The molecular formula is C18H25Cl2N3O3. The minimum Gasteiger partial charge on any atom is -0.355 e. The summed E-state index contributed by atoms with van der Waals surface area (Å²) in [5.74, 6) is -1.02. The molecule has 1 rings (SSSR count). The van der Waals surface area contributed by atoms with Gasteiger partial charge in [0.25, 0.3) is 5.91 Å². The van der Waals surface area contributed by atoms with E-state index in [-0.39, 0.29) is 22.4 Å². The number of benzene rings is 1. The van der Waals surface area contributed by atoms with Gasteiger partial charge < -0.3 is 16.0 Å². The third-order valence-corrected chi connectivity index (χ3v) is 4.16. The topological polar surface area (TPSA) is 87.3 Å². The van der Waals surface area contributed by atoms with E-state index < -0.39 is 23.9 Å². The Morgan fingerprint density at radius 2 is 1.69 bits per heavy atom. The predicted octanol–water partition coefficient (Wildman–Crippen LogP) is 2.78. The van der Waals surface area contributed by atoms with E-state index >= 15 is 0 Å². The Balaban J connectivity index is 2.87. The maximum absolute atomic E-state index is 12.5. The fourth-order valence-electron chi connectivity index (χ4n) is 2.32. The number of hydrogen-bond acceptors (Lipinski definition) is 3. The van der Waals surface area contributed by atoms with E-state index in [4.69, 9.17) is 23.2 Å². The highest BCUT2D eigenvalue weighted by molar-refractivity contribution is 6.36. The molecule has 8 heteroatoms. The largest absolute Gasteiger partial charge is 0.355 e. The summed E-state index contributed by atoms with van der Waals surface area (Å²) < 4.78 is 0. The van der Waals surface area contributed by atoms with Crippen molar-refractivity contribution >= 4 is 40.9 Å². The average Bonchev–Trinajstić information content (AvgIpc) is 2.53. The molecule has 0 radical (unpaired) electrons. The molecule has 0 fully saturated rings. The lowest BCUT2D eigenvalue weighted by Crippen LogP contribution is -2.53. The third-order valence-electron chi connectivity index (χ3n) is 3.61. The van der Waals surface area contributed by atoms with Gasteiger partial charge in [0.05, 0.1) is 10.6 Å². The molecule has 144 valence electrons. The lowest BCUT2D eigenvalue weighted by atomic mass is 10.0. The van der Waals surface area contributed by atoms with Crippen LogP contribution in [-0.2, 0) is 9.59 Å². The van der Waals surface area contributed by atoms with E-state index in [1.54, 1.807) is 19.9 Å². The number of carbonyl (C=O) groups is 3. The van der Waals surface area contributed by atoms with Crippen LogP contribution < -0.4 is 16.0 Å². The van der Waals surface area contributed by atoms with Crippen LogP contribution in [0.3, 0.4) is 0 Å². The Hall–Kier alpha value is -1.79. The molecule has 0 aromatic heterocycles.